The standard InChI is InChI=1S/C12H16FNO2/c1-4-12(2,11(15)16)14(3)10-8-6-5-7-9(10)13/h5-8H,4H2,1-3H3,(H,15,16). The van der Waals surface area contributed by atoms with Gasteiger partial charge in [0.2, 0.25) is 0 Å². The van der Waals surface area contributed by atoms with Crippen LogP contribution in [-0.4, -0.2) is 23.7 Å². The minimum absolute atomic E-state index is 0.300. The lowest BCUT2D eigenvalue weighted by atomic mass is 9.96. The summed E-state index contributed by atoms with van der Waals surface area (Å²) in [5, 5.41) is 9.19. The van der Waals surface area contributed by atoms with E-state index in [9.17, 15) is 14.3 Å². The summed E-state index contributed by atoms with van der Waals surface area (Å²) in [5.41, 5.74) is -0.795. The van der Waals surface area contributed by atoms with Crippen molar-refractivity contribution >= 4 is 11.7 Å². The fourth-order valence-electron chi connectivity index (χ4n) is 1.52. The molecule has 1 unspecified atom stereocenters. The molecule has 88 valence electrons. The van der Waals surface area contributed by atoms with Gasteiger partial charge in [0, 0.05) is 7.05 Å². The summed E-state index contributed by atoms with van der Waals surface area (Å²) in [6.45, 7) is 3.35. The molecule has 0 amide bonds. The fourth-order valence-corrected chi connectivity index (χ4v) is 1.52. The molecule has 1 atom stereocenters. The van der Waals surface area contributed by atoms with Gasteiger partial charge >= 0.3 is 5.97 Å². The summed E-state index contributed by atoms with van der Waals surface area (Å²) in [6.07, 6.45) is 0.396. The van der Waals surface area contributed by atoms with E-state index >= 15 is 0 Å². The van der Waals surface area contributed by atoms with E-state index in [1.165, 1.54) is 11.0 Å². The summed E-state index contributed by atoms with van der Waals surface area (Å²) >= 11 is 0. The van der Waals surface area contributed by atoms with Crippen molar-refractivity contribution in [2.45, 2.75) is 25.8 Å². The quantitative estimate of drug-likeness (QED) is 0.856. The molecule has 0 heterocycles. The molecule has 1 aromatic carbocycles. The number of halogens is 1. The highest BCUT2D eigenvalue weighted by molar-refractivity contribution is 5.83. The molecule has 0 spiro atoms. The van der Waals surface area contributed by atoms with Crippen LogP contribution in [0.15, 0.2) is 24.3 Å². The van der Waals surface area contributed by atoms with Gasteiger partial charge < -0.3 is 10.0 Å². The molecule has 4 heteroatoms. The van der Waals surface area contributed by atoms with E-state index in [4.69, 9.17) is 0 Å². The number of benzene rings is 1. The Balaban J connectivity index is 3.15. The molecule has 1 N–H and O–H groups in total. The molecule has 0 aliphatic carbocycles. The van der Waals surface area contributed by atoms with Gasteiger partial charge in [-0.15, -0.1) is 0 Å². The van der Waals surface area contributed by atoms with Crippen molar-refractivity contribution in [3.05, 3.63) is 30.1 Å². The Hall–Kier alpha value is -1.58. The molecule has 3 nitrogen and oxygen atoms in total. The van der Waals surface area contributed by atoms with E-state index in [1.54, 1.807) is 39.1 Å². The average Bonchev–Trinajstić information content (AvgIpc) is 2.27. The summed E-state index contributed by atoms with van der Waals surface area (Å²) in [6, 6.07) is 6.17. The predicted octanol–water partition coefficient (Wildman–Crippen LogP) is 2.52. The minimum Gasteiger partial charge on any atom is -0.480 e. The van der Waals surface area contributed by atoms with Gasteiger partial charge in [0.25, 0.3) is 0 Å². The molecule has 1 aromatic rings. The van der Waals surface area contributed by atoms with Crippen molar-refractivity contribution in [1.82, 2.24) is 0 Å². The van der Waals surface area contributed by atoms with Crippen molar-refractivity contribution in [2.24, 2.45) is 0 Å². The maximum atomic E-state index is 13.5. The molecule has 0 bridgehead atoms. The third kappa shape index (κ3) is 2.01. The number of para-hydroxylation sites is 1. The molecule has 0 aliphatic heterocycles. The smallest absolute Gasteiger partial charge is 0.329 e. The number of carbonyl (C=O) groups is 1. The van der Waals surface area contributed by atoms with E-state index in [0.29, 0.717) is 12.1 Å². The SMILES string of the molecule is CCC(C)(C(=O)O)N(C)c1ccccc1F. The highest BCUT2D eigenvalue weighted by atomic mass is 19.1. The largest absolute Gasteiger partial charge is 0.480 e. The van der Waals surface area contributed by atoms with Gasteiger partial charge in [-0.05, 0) is 25.5 Å². The lowest BCUT2D eigenvalue weighted by molar-refractivity contribution is -0.142. The zero-order chi connectivity index (χ0) is 12.3. The number of aliphatic carboxylic acids is 1. The third-order valence-electron chi connectivity index (χ3n) is 3.10. The Morgan fingerprint density at radius 1 is 1.50 bits per heavy atom. The molecule has 1 rings (SSSR count). The van der Waals surface area contributed by atoms with Crippen LogP contribution in [0.2, 0.25) is 0 Å². The Bertz CT molecular complexity index is 394. The van der Waals surface area contributed by atoms with Crippen molar-refractivity contribution < 1.29 is 14.3 Å². The Labute approximate surface area is 94.5 Å². The van der Waals surface area contributed by atoms with Crippen LogP contribution in [0, 0.1) is 5.82 Å². The zero-order valence-electron chi connectivity index (χ0n) is 9.70. The molecule has 0 fully saturated rings. The van der Waals surface area contributed by atoms with Crippen molar-refractivity contribution in [3.8, 4) is 0 Å². The van der Waals surface area contributed by atoms with Crippen molar-refractivity contribution in [3.63, 3.8) is 0 Å². The first kappa shape index (κ1) is 12.5. The highest BCUT2D eigenvalue weighted by Gasteiger charge is 2.36. The second-order valence-corrected chi connectivity index (χ2v) is 3.94. The van der Waals surface area contributed by atoms with Crippen LogP contribution in [0.1, 0.15) is 20.3 Å². The molecule has 0 radical (unpaired) electrons. The zero-order valence-corrected chi connectivity index (χ0v) is 9.70. The van der Waals surface area contributed by atoms with Gasteiger partial charge in [-0.2, -0.15) is 0 Å². The number of hydrogen-bond donors (Lipinski definition) is 1. The summed E-state index contributed by atoms with van der Waals surface area (Å²) in [4.78, 5) is 12.7. The lowest BCUT2D eigenvalue weighted by Gasteiger charge is -2.36. The number of anilines is 1. The highest BCUT2D eigenvalue weighted by Crippen LogP contribution is 2.27. The predicted molar refractivity (Wildman–Crippen MR) is 61.1 cm³/mol. The second kappa shape index (κ2) is 4.51. The summed E-state index contributed by atoms with van der Waals surface area (Å²) in [5.74, 6) is -1.37. The molecule has 0 saturated carbocycles. The number of likely N-dealkylation sites (N-methyl/N-ethyl adjacent to an activating group) is 1. The first-order chi connectivity index (χ1) is 7.43. The van der Waals surface area contributed by atoms with Crippen LogP contribution in [0.3, 0.4) is 0 Å². The van der Waals surface area contributed by atoms with Gasteiger partial charge in [0.1, 0.15) is 11.4 Å². The molecule has 16 heavy (non-hydrogen) atoms. The summed E-state index contributed by atoms with van der Waals surface area (Å²) < 4.78 is 13.5. The lowest BCUT2D eigenvalue weighted by Crippen LogP contribution is -2.50. The number of carboxylic acid groups (broad SMARTS) is 1. The Kier molecular flexibility index (Phi) is 3.52. The monoisotopic (exact) mass is 225 g/mol. The van der Waals surface area contributed by atoms with Crippen LogP contribution in [-0.2, 0) is 4.79 Å². The van der Waals surface area contributed by atoms with Gasteiger partial charge in [-0.1, -0.05) is 19.1 Å². The molecule has 0 aliphatic rings. The van der Waals surface area contributed by atoms with Crippen molar-refractivity contribution in [2.75, 3.05) is 11.9 Å². The third-order valence-corrected chi connectivity index (χ3v) is 3.10. The molecule has 0 saturated heterocycles. The van der Waals surface area contributed by atoms with Gasteiger partial charge in [-0.25, -0.2) is 9.18 Å². The minimum atomic E-state index is -1.10. The number of rotatable bonds is 4. The van der Waals surface area contributed by atoms with Crippen LogP contribution < -0.4 is 4.90 Å². The van der Waals surface area contributed by atoms with Crippen LogP contribution in [0.5, 0.6) is 0 Å². The van der Waals surface area contributed by atoms with E-state index in [0.717, 1.165) is 0 Å². The number of nitrogens with zero attached hydrogens (tertiary/aromatic N) is 1. The van der Waals surface area contributed by atoms with Gasteiger partial charge in [0.15, 0.2) is 0 Å². The first-order valence-corrected chi connectivity index (χ1v) is 5.15. The van der Waals surface area contributed by atoms with Gasteiger partial charge in [-0.3, -0.25) is 0 Å². The second-order valence-electron chi connectivity index (χ2n) is 3.94. The normalized spacial score (nSPS) is 14.2. The van der Waals surface area contributed by atoms with E-state index in [-0.39, 0.29) is 0 Å². The number of carboxylic acids is 1. The molecule has 0 aromatic heterocycles. The molecular formula is C12H16FNO2. The van der Waals surface area contributed by atoms with E-state index in [1.807, 2.05) is 0 Å². The Morgan fingerprint density at radius 3 is 2.50 bits per heavy atom. The van der Waals surface area contributed by atoms with Crippen LogP contribution in [0.25, 0.3) is 0 Å². The maximum Gasteiger partial charge on any atom is 0.329 e. The van der Waals surface area contributed by atoms with Crippen LogP contribution >= 0.6 is 0 Å². The summed E-state index contributed by atoms with van der Waals surface area (Å²) in [7, 11) is 1.59. The molecular weight excluding hydrogens is 209 g/mol. The van der Waals surface area contributed by atoms with E-state index < -0.39 is 17.3 Å². The van der Waals surface area contributed by atoms with Gasteiger partial charge in [0.05, 0.1) is 5.69 Å². The Morgan fingerprint density at radius 2 is 2.06 bits per heavy atom. The van der Waals surface area contributed by atoms with E-state index in [2.05, 4.69) is 0 Å². The maximum absolute atomic E-state index is 13.5. The van der Waals surface area contributed by atoms with Crippen molar-refractivity contribution in [1.29, 1.82) is 0 Å². The number of hydrogen-bond acceptors (Lipinski definition) is 2. The topological polar surface area (TPSA) is 40.5 Å². The fraction of sp³-hybridized carbons (Fsp3) is 0.417. The van der Waals surface area contributed by atoms with Crippen LogP contribution in [0.4, 0.5) is 10.1 Å². The first-order valence-electron chi connectivity index (χ1n) is 5.15. The average molecular weight is 225 g/mol.